The van der Waals surface area contributed by atoms with Gasteiger partial charge >= 0.3 is 12.1 Å². The monoisotopic (exact) mass is 517 g/mol. The van der Waals surface area contributed by atoms with Crippen LogP contribution in [0.5, 0.6) is 0 Å². The number of hydrogen-bond acceptors (Lipinski definition) is 3. The quantitative estimate of drug-likeness (QED) is 0.381. The highest BCUT2D eigenvalue weighted by Crippen LogP contribution is 2.57. The van der Waals surface area contributed by atoms with Crippen molar-refractivity contribution in [3.8, 4) is 0 Å². The molecule has 2 N–H and O–H groups in total. The van der Waals surface area contributed by atoms with Gasteiger partial charge in [-0.2, -0.15) is 13.2 Å². The lowest BCUT2D eigenvalue weighted by atomic mass is 9.85. The second kappa shape index (κ2) is 10.1. The van der Waals surface area contributed by atoms with E-state index in [0.29, 0.717) is 23.4 Å². The summed E-state index contributed by atoms with van der Waals surface area (Å²) in [6.07, 6.45) is -4.56. The summed E-state index contributed by atoms with van der Waals surface area (Å²) in [7, 11) is 0. The van der Waals surface area contributed by atoms with E-state index in [4.69, 9.17) is 27.9 Å². The molecule has 1 amide bonds. The van der Waals surface area contributed by atoms with Gasteiger partial charge in [0, 0.05) is 11.6 Å². The molecule has 0 bridgehead atoms. The van der Waals surface area contributed by atoms with Gasteiger partial charge in [-0.25, -0.2) is 0 Å². The molecule has 0 spiro atoms. The number of carboxylic acid groups (broad SMARTS) is 1. The Morgan fingerprint density at radius 2 is 1.71 bits per heavy atom. The molecule has 1 fully saturated rings. The molecule has 5 nitrogen and oxygen atoms in total. The number of amides is 1. The second-order valence-corrected chi connectivity index (χ2v) is 9.23. The van der Waals surface area contributed by atoms with Crippen molar-refractivity contribution < 1.29 is 32.6 Å². The van der Waals surface area contributed by atoms with Crippen LogP contribution < -0.4 is 5.32 Å². The van der Waals surface area contributed by atoms with E-state index < -0.39 is 41.4 Å². The summed E-state index contributed by atoms with van der Waals surface area (Å²) in [5.41, 5.74) is -0.396. The third-order valence-corrected chi connectivity index (χ3v) is 6.71. The zero-order chi connectivity index (χ0) is 25.3. The molecule has 1 saturated carbocycles. The van der Waals surface area contributed by atoms with Crippen LogP contribution in [0.3, 0.4) is 0 Å². The molecule has 10 heteroatoms. The van der Waals surface area contributed by atoms with E-state index in [1.54, 1.807) is 13.0 Å². The first-order chi connectivity index (χ1) is 15.9. The number of benzene rings is 2. The minimum atomic E-state index is -4.63. The average Bonchev–Trinajstić information content (AvgIpc) is 3.56. The molecule has 34 heavy (non-hydrogen) atoms. The highest BCUT2D eigenvalue weighted by molar-refractivity contribution is 6.33. The summed E-state index contributed by atoms with van der Waals surface area (Å²) >= 11 is 12.1. The number of halogens is 5. The fraction of sp³-hybridized carbons (Fsp3) is 0.417. The number of carbonyl (C=O) groups excluding carboxylic acids is 1. The van der Waals surface area contributed by atoms with E-state index in [-0.39, 0.29) is 22.9 Å². The molecule has 0 aromatic heterocycles. The largest absolute Gasteiger partial charge is 0.481 e. The molecule has 0 radical (unpaired) electrons. The van der Waals surface area contributed by atoms with Crippen LogP contribution in [0.2, 0.25) is 10.0 Å². The lowest BCUT2D eigenvalue weighted by Gasteiger charge is -2.27. The normalized spacial score (nSPS) is 17.5. The van der Waals surface area contributed by atoms with E-state index in [1.165, 1.54) is 36.4 Å². The van der Waals surface area contributed by atoms with Crippen molar-refractivity contribution in [2.45, 2.75) is 44.9 Å². The zero-order valence-corrected chi connectivity index (χ0v) is 20.0. The molecule has 184 valence electrons. The molecule has 1 aliphatic rings. The molecule has 2 aromatic carbocycles. The van der Waals surface area contributed by atoms with Gasteiger partial charge < -0.3 is 15.2 Å². The predicted octanol–water partition coefficient (Wildman–Crippen LogP) is 6.86. The highest BCUT2D eigenvalue weighted by Gasteiger charge is 2.57. The first-order valence-electron chi connectivity index (χ1n) is 10.7. The number of hydrogen-bond donors (Lipinski definition) is 2. The Bertz CT molecular complexity index is 1060. The zero-order valence-electron chi connectivity index (χ0n) is 18.5. The Morgan fingerprint density at radius 3 is 2.21 bits per heavy atom. The maximum atomic E-state index is 13.6. The predicted molar refractivity (Wildman–Crippen MR) is 123 cm³/mol. The van der Waals surface area contributed by atoms with Gasteiger partial charge in [0.25, 0.3) is 0 Å². The van der Waals surface area contributed by atoms with Crippen molar-refractivity contribution in [1.82, 2.24) is 0 Å². The summed E-state index contributed by atoms with van der Waals surface area (Å²) in [6.45, 7) is 2.93. The van der Waals surface area contributed by atoms with E-state index in [2.05, 4.69) is 5.32 Å². The number of rotatable bonds is 9. The highest BCUT2D eigenvalue weighted by atomic mass is 35.5. The van der Waals surface area contributed by atoms with Gasteiger partial charge in [0.2, 0.25) is 5.91 Å². The van der Waals surface area contributed by atoms with Crippen LogP contribution in [-0.4, -0.2) is 29.8 Å². The summed E-state index contributed by atoms with van der Waals surface area (Å²) in [5, 5.41) is 12.6. The van der Waals surface area contributed by atoms with E-state index in [1.807, 2.05) is 0 Å². The number of carbonyl (C=O) groups is 2. The summed E-state index contributed by atoms with van der Waals surface area (Å²) < 4.78 is 46.6. The summed E-state index contributed by atoms with van der Waals surface area (Å²) in [5.74, 6) is -5.45. The van der Waals surface area contributed by atoms with Crippen molar-refractivity contribution >= 4 is 40.8 Å². The number of nitrogens with one attached hydrogen (secondary N) is 1. The Labute approximate surface area is 205 Å². The van der Waals surface area contributed by atoms with Crippen molar-refractivity contribution in [3.05, 3.63) is 63.6 Å². The number of ether oxygens (including phenoxy) is 1. The fourth-order valence-corrected chi connectivity index (χ4v) is 4.29. The molecule has 3 atom stereocenters. The van der Waals surface area contributed by atoms with Crippen LogP contribution in [0.4, 0.5) is 18.9 Å². The van der Waals surface area contributed by atoms with E-state index in [9.17, 15) is 27.9 Å². The van der Waals surface area contributed by atoms with Gasteiger partial charge in [0.15, 0.2) is 0 Å². The Balaban J connectivity index is 1.95. The third-order valence-electron chi connectivity index (χ3n) is 6.13. The summed E-state index contributed by atoms with van der Waals surface area (Å²) in [6, 6.07) is 10.1. The van der Waals surface area contributed by atoms with Crippen LogP contribution in [0, 0.1) is 11.3 Å². The lowest BCUT2D eigenvalue weighted by Crippen LogP contribution is -2.34. The van der Waals surface area contributed by atoms with Crippen LogP contribution in [0.1, 0.15) is 49.8 Å². The Hall–Kier alpha value is -2.29. The fourth-order valence-electron chi connectivity index (χ4n) is 4.00. The Morgan fingerprint density at radius 1 is 1.12 bits per heavy atom. The van der Waals surface area contributed by atoms with Gasteiger partial charge in [0.1, 0.15) is 0 Å². The van der Waals surface area contributed by atoms with E-state index in [0.717, 1.165) is 6.92 Å². The standard InChI is InChI=1S/C24H24Cl2F3NO4/c1-3-34-20(23(10-11-23)22(32)33)15-6-9-17(26)18(12-15)30-21(31)19(13(2)24(27,28)29)14-4-7-16(25)8-5-14/h4-9,12-13,19-20H,3,10-11H2,1-2H3,(H,30,31)(H,32,33)/t13-,19?,20?/m1/s1. The molecule has 0 aliphatic heterocycles. The van der Waals surface area contributed by atoms with Gasteiger partial charge in [-0.3, -0.25) is 9.59 Å². The number of alkyl halides is 3. The second-order valence-electron chi connectivity index (χ2n) is 8.38. The molecular formula is C24H24Cl2F3NO4. The van der Waals surface area contributed by atoms with Gasteiger partial charge in [0.05, 0.1) is 34.1 Å². The van der Waals surface area contributed by atoms with Crippen molar-refractivity contribution in [3.63, 3.8) is 0 Å². The van der Waals surface area contributed by atoms with Gasteiger partial charge in [-0.1, -0.05) is 48.3 Å². The molecule has 0 heterocycles. The minimum Gasteiger partial charge on any atom is -0.481 e. The van der Waals surface area contributed by atoms with Crippen molar-refractivity contribution in [2.75, 3.05) is 11.9 Å². The van der Waals surface area contributed by atoms with Crippen LogP contribution >= 0.6 is 23.2 Å². The van der Waals surface area contributed by atoms with E-state index >= 15 is 0 Å². The Kier molecular flexibility index (Phi) is 7.85. The smallest absolute Gasteiger partial charge is 0.392 e. The van der Waals surface area contributed by atoms with Crippen molar-refractivity contribution in [1.29, 1.82) is 0 Å². The molecule has 2 aromatic rings. The maximum absolute atomic E-state index is 13.6. The number of aliphatic carboxylic acids is 1. The van der Waals surface area contributed by atoms with Gasteiger partial charge in [-0.15, -0.1) is 0 Å². The van der Waals surface area contributed by atoms with Crippen LogP contribution in [0.15, 0.2) is 42.5 Å². The maximum Gasteiger partial charge on any atom is 0.392 e. The average molecular weight is 518 g/mol. The number of anilines is 1. The molecular weight excluding hydrogens is 494 g/mol. The minimum absolute atomic E-state index is 0.0726. The molecule has 2 unspecified atom stereocenters. The summed E-state index contributed by atoms with van der Waals surface area (Å²) in [4.78, 5) is 25.0. The molecule has 0 saturated heterocycles. The first kappa shape index (κ1) is 26.3. The number of carboxylic acids is 1. The van der Waals surface area contributed by atoms with Crippen LogP contribution in [-0.2, 0) is 14.3 Å². The van der Waals surface area contributed by atoms with Crippen LogP contribution in [0.25, 0.3) is 0 Å². The molecule has 1 aliphatic carbocycles. The van der Waals surface area contributed by atoms with Crippen molar-refractivity contribution in [2.24, 2.45) is 11.3 Å². The van der Waals surface area contributed by atoms with Gasteiger partial charge in [-0.05, 0) is 55.2 Å². The topological polar surface area (TPSA) is 75.6 Å². The third kappa shape index (κ3) is 5.50. The molecule has 3 rings (SSSR count). The lowest BCUT2D eigenvalue weighted by molar-refractivity contribution is -0.178. The first-order valence-corrected chi connectivity index (χ1v) is 11.4. The SMILES string of the molecule is CCOC(c1ccc(Cl)c(NC(=O)C(c2ccc(Cl)cc2)[C@@H](C)C(F)(F)F)c1)C1(C(=O)O)CC1.